The van der Waals surface area contributed by atoms with Crippen molar-refractivity contribution in [2.75, 3.05) is 38.2 Å². The SMILES string of the molecule is COc1cc(N2CN=c3s/c(=C4\C(=O)Nc5ccc(Cl)cc54)c(=O)n3C2)cc(OC)c1OC. The van der Waals surface area contributed by atoms with Crippen LogP contribution in [0.1, 0.15) is 5.56 Å². The van der Waals surface area contributed by atoms with Gasteiger partial charge in [-0.25, -0.2) is 4.99 Å². The first-order valence-electron chi connectivity index (χ1n) is 9.89. The number of methoxy groups -OCH3 is 3. The first kappa shape index (κ1) is 21.4. The number of amides is 1. The predicted molar refractivity (Wildman–Crippen MR) is 125 cm³/mol. The van der Waals surface area contributed by atoms with Crippen molar-refractivity contribution in [1.29, 1.82) is 0 Å². The van der Waals surface area contributed by atoms with Gasteiger partial charge >= 0.3 is 0 Å². The Morgan fingerprint density at radius 3 is 2.45 bits per heavy atom. The highest BCUT2D eigenvalue weighted by molar-refractivity contribution is 7.07. The number of hydrogen-bond donors (Lipinski definition) is 1. The van der Waals surface area contributed by atoms with Crippen molar-refractivity contribution in [1.82, 2.24) is 4.57 Å². The van der Waals surface area contributed by atoms with Gasteiger partial charge in [0.25, 0.3) is 11.5 Å². The summed E-state index contributed by atoms with van der Waals surface area (Å²) >= 11 is 7.33. The van der Waals surface area contributed by atoms with Gasteiger partial charge in [-0.05, 0) is 18.2 Å². The molecule has 5 rings (SSSR count). The summed E-state index contributed by atoms with van der Waals surface area (Å²) < 4.78 is 18.2. The van der Waals surface area contributed by atoms with Crippen LogP contribution in [-0.4, -0.2) is 38.5 Å². The summed E-state index contributed by atoms with van der Waals surface area (Å²) in [5, 5.41) is 3.28. The van der Waals surface area contributed by atoms with E-state index in [1.807, 2.05) is 4.90 Å². The number of nitrogens with one attached hydrogen (secondary N) is 1. The molecule has 0 spiro atoms. The Labute approximate surface area is 197 Å². The number of nitrogens with zero attached hydrogens (tertiary/aromatic N) is 3. The van der Waals surface area contributed by atoms with Gasteiger partial charge in [-0.1, -0.05) is 22.9 Å². The Bertz CT molecular complexity index is 1450. The van der Waals surface area contributed by atoms with E-state index in [0.29, 0.717) is 55.1 Å². The van der Waals surface area contributed by atoms with Gasteiger partial charge in [0.05, 0.1) is 26.9 Å². The predicted octanol–water partition coefficient (Wildman–Crippen LogP) is 1.79. The van der Waals surface area contributed by atoms with Crippen LogP contribution in [0.3, 0.4) is 0 Å². The maximum Gasteiger partial charge on any atom is 0.272 e. The maximum absolute atomic E-state index is 13.3. The molecule has 0 bridgehead atoms. The summed E-state index contributed by atoms with van der Waals surface area (Å²) in [6, 6.07) is 8.71. The summed E-state index contributed by atoms with van der Waals surface area (Å²) in [7, 11) is 4.63. The molecule has 0 saturated carbocycles. The number of halogens is 1. The van der Waals surface area contributed by atoms with E-state index in [4.69, 9.17) is 25.8 Å². The van der Waals surface area contributed by atoms with Crippen molar-refractivity contribution in [3.8, 4) is 17.2 Å². The quantitative estimate of drug-likeness (QED) is 0.604. The lowest BCUT2D eigenvalue weighted by atomic mass is 10.1. The molecule has 3 aromatic rings. The fourth-order valence-electron chi connectivity index (χ4n) is 3.94. The van der Waals surface area contributed by atoms with Gasteiger partial charge in [-0.2, -0.15) is 0 Å². The van der Waals surface area contributed by atoms with Crippen LogP contribution in [0.25, 0.3) is 5.57 Å². The van der Waals surface area contributed by atoms with Gasteiger partial charge in [-0.15, -0.1) is 0 Å². The standard InChI is InChI=1S/C22H19ClN4O5S/c1-30-15-7-12(8-16(31-2)18(15)32-3)26-9-24-22-27(10-26)21(29)19(33-22)17-13-6-11(23)4-5-14(13)25-20(17)28/h4-8H,9-10H2,1-3H3,(H,25,28)/b19-17-. The molecule has 2 aliphatic heterocycles. The summed E-state index contributed by atoms with van der Waals surface area (Å²) in [6.45, 7) is 0.575. The second kappa shape index (κ2) is 8.13. The van der Waals surface area contributed by atoms with E-state index in [2.05, 4.69) is 10.3 Å². The molecular formula is C22H19ClN4O5S. The van der Waals surface area contributed by atoms with E-state index in [0.717, 1.165) is 5.69 Å². The lowest BCUT2D eigenvalue weighted by Crippen LogP contribution is -2.43. The van der Waals surface area contributed by atoms with Crippen molar-refractivity contribution >= 4 is 45.8 Å². The number of ether oxygens (including phenoxy) is 3. The topological polar surface area (TPSA) is 94.4 Å². The minimum absolute atomic E-state index is 0.254. The minimum Gasteiger partial charge on any atom is -0.493 e. The van der Waals surface area contributed by atoms with Gasteiger partial charge < -0.3 is 24.4 Å². The van der Waals surface area contributed by atoms with E-state index in [9.17, 15) is 9.59 Å². The first-order valence-corrected chi connectivity index (χ1v) is 11.1. The van der Waals surface area contributed by atoms with Crippen molar-refractivity contribution in [3.05, 3.63) is 60.6 Å². The van der Waals surface area contributed by atoms with Gasteiger partial charge in [0, 0.05) is 34.1 Å². The molecule has 2 aliphatic rings. The molecule has 3 heterocycles. The maximum atomic E-state index is 13.3. The highest BCUT2D eigenvalue weighted by Gasteiger charge is 2.28. The fourth-order valence-corrected chi connectivity index (χ4v) is 5.17. The summed E-state index contributed by atoms with van der Waals surface area (Å²) in [6.07, 6.45) is 0. The van der Waals surface area contributed by atoms with Crippen LogP contribution in [0.5, 0.6) is 17.2 Å². The van der Waals surface area contributed by atoms with E-state index < -0.39 is 0 Å². The zero-order valence-corrected chi connectivity index (χ0v) is 19.5. The average Bonchev–Trinajstić information content (AvgIpc) is 3.32. The number of fused-ring (bicyclic) bond motifs is 2. The van der Waals surface area contributed by atoms with E-state index in [1.54, 1.807) is 49.1 Å². The number of anilines is 2. The van der Waals surface area contributed by atoms with Crippen LogP contribution in [0, 0.1) is 0 Å². The zero-order valence-electron chi connectivity index (χ0n) is 18.0. The van der Waals surface area contributed by atoms with Crippen molar-refractivity contribution in [2.24, 2.45) is 4.99 Å². The normalized spacial score (nSPS) is 16.0. The zero-order chi connectivity index (χ0) is 23.3. The Morgan fingerprint density at radius 2 is 1.79 bits per heavy atom. The summed E-state index contributed by atoms with van der Waals surface area (Å²) in [5.41, 5.74) is 2.03. The molecule has 33 heavy (non-hydrogen) atoms. The lowest BCUT2D eigenvalue weighted by molar-refractivity contribution is -0.110. The number of carbonyl (C=O) groups is 1. The van der Waals surface area contributed by atoms with Gasteiger partial charge in [0.15, 0.2) is 16.3 Å². The smallest absolute Gasteiger partial charge is 0.272 e. The van der Waals surface area contributed by atoms with Crippen LogP contribution >= 0.6 is 22.9 Å². The van der Waals surface area contributed by atoms with Crippen LogP contribution in [-0.2, 0) is 11.5 Å². The Kier molecular flexibility index (Phi) is 5.26. The molecule has 1 amide bonds. The third-order valence-electron chi connectivity index (χ3n) is 5.52. The molecule has 0 radical (unpaired) electrons. The molecule has 11 heteroatoms. The van der Waals surface area contributed by atoms with Crippen molar-refractivity contribution in [3.63, 3.8) is 0 Å². The van der Waals surface area contributed by atoms with E-state index >= 15 is 0 Å². The number of hydrogen-bond acceptors (Lipinski definition) is 8. The molecular weight excluding hydrogens is 468 g/mol. The third-order valence-corrected chi connectivity index (χ3v) is 6.87. The second-order valence-electron chi connectivity index (χ2n) is 7.33. The monoisotopic (exact) mass is 486 g/mol. The molecule has 0 fully saturated rings. The van der Waals surface area contributed by atoms with E-state index in [-0.39, 0.29) is 18.1 Å². The molecule has 170 valence electrons. The van der Waals surface area contributed by atoms with Gasteiger partial charge in [0.1, 0.15) is 17.9 Å². The van der Waals surface area contributed by atoms with Crippen LogP contribution in [0.15, 0.2) is 40.1 Å². The highest BCUT2D eigenvalue weighted by atomic mass is 35.5. The second-order valence-corrected chi connectivity index (χ2v) is 8.74. The molecule has 0 atom stereocenters. The largest absolute Gasteiger partial charge is 0.493 e. The number of carbonyl (C=O) groups excluding carboxylic acids is 1. The molecule has 2 aromatic carbocycles. The molecule has 0 aliphatic carbocycles. The molecule has 1 N–H and O–H groups in total. The first-order chi connectivity index (χ1) is 15.9. The Balaban J connectivity index is 1.60. The molecule has 1 aromatic heterocycles. The van der Waals surface area contributed by atoms with Crippen molar-refractivity contribution < 1.29 is 19.0 Å². The molecule has 9 nitrogen and oxygen atoms in total. The molecule has 0 saturated heterocycles. The fraction of sp³-hybridized carbons (Fsp3) is 0.227. The van der Waals surface area contributed by atoms with Gasteiger partial charge in [-0.3, -0.25) is 14.2 Å². The Hall–Kier alpha value is -3.50. The summed E-state index contributed by atoms with van der Waals surface area (Å²) in [5.74, 6) is 1.16. The lowest BCUT2D eigenvalue weighted by Gasteiger charge is -2.27. The van der Waals surface area contributed by atoms with Crippen LogP contribution in [0.2, 0.25) is 5.02 Å². The van der Waals surface area contributed by atoms with E-state index in [1.165, 1.54) is 18.4 Å². The average molecular weight is 487 g/mol. The minimum atomic E-state index is -0.329. The highest BCUT2D eigenvalue weighted by Crippen LogP contribution is 2.41. The Morgan fingerprint density at radius 1 is 1.06 bits per heavy atom. The number of thiazole rings is 1. The summed E-state index contributed by atoms with van der Waals surface area (Å²) in [4.78, 5) is 33.1. The third kappa shape index (κ3) is 3.42. The molecule has 0 unspecified atom stereocenters. The number of aromatic nitrogens is 1. The number of benzene rings is 2. The van der Waals surface area contributed by atoms with Crippen LogP contribution < -0.4 is 39.3 Å². The number of rotatable bonds is 4. The van der Waals surface area contributed by atoms with Gasteiger partial charge in [0.2, 0.25) is 5.75 Å². The van der Waals surface area contributed by atoms with Crippen LogP contribution in [0.4, 0.5) is 11.4 Å². The van der Waals surface area contributed by atoms with Crippen molar-refractivity contribution in [2.45, 2.75) is 6.67 Å².